The summed E-state index contributed by atoms with van der Waals surface area (Å²) < 4.78 is 20.7. The number of furan rings is 1. The van der Waals surface area contributed by atoms with Crippen molar-refractivity contribution in [3.63, 3.8) is 0 Å². The molecule has 3 heterocycles. The molecule has 1 atom stereocenters. The van der Waals surface area contributed by atoms with Crippen molar-refractivity contribution >= 4 is 17.5 Å². The van der Waals surface area contributed by atoms with Crippen LogP contribution >= 0.6 is 0 Å². The van der Waals surface area contributed by atoms with Crippen molar-refractivity contribution in [1.29, 1.82) is 0 Å². The highest BCUT2D eigenvalue weighted by molar-refractivity contribution is 6.12. The van der Waals surface area contributed by atoms with Gasteiger partial charge in [-0.2, -0.15) is 5.10 Å². The topological polar surface area (TPSA) is 80.4 Å². The molecule has 7 nitrogen and oxygen atoms in total. The molecule has 0 saturated carbocycles. The zero-order chi connectivity index (χ0) is 24.6. The number of halogens is 1. The molecule has 178 valence electrons. The maximum absolute atomic E-state index is 13.9. The molecule has 2 amide bonds. The minimum atomic E-state index is -1.28. The molecule has 2 aromatic carbocycles. The Morgan fingerprint density at radius 1 is 1.14 bits per heavy atom. The van der Waals surface area contributed by atoms with Crippen LogP contribution in [0.2, 0.25) is 0 Å². The SMILES string of the molecule is CCc1ccccc1N1C(=O)c2cc(-c3ccco3)nn2C[C@@]1(C)C(=O)NCc1cccc(F)c1. The second-order valence-electron chi connectivity index (χ2n) is 8.76. The third-order valence-electron chi connectivity index (χ3n) is 6.37. The van der Waals surface area contributed by atoms with Crippen LogP contribution in [0.1, 0.15) is 35.5 Å². The van der Waals surface area contributed by atoms with E-state index in [-0.39, 0.29) is 30.7 Å². The summed E-state index contributed by atoms with van der Waals surface area (Å²) in [6.45, 7) is 4.01. The van der Waals surface area contributed by atoms with Gasteiger partial charge in [0.15, 0.2) is 5.76 Å². The maximum atomic E-state index is 13.9. The number of benzene rings is 2. The van der Waals surface area contributed by atoms with Crippen LogP contribution in [0.25, 0.3) is 11.5 Å². The van der Waals surface area contributed by atoms with Crippen LogP contribution in [0.5, 0.6) is 0 Å². The van der Waals surface area contributed by atoms with Gasteiger partial charge >= 0.3 is 0 Å². The number of carbonyl (C=O) groups is 2. The van der Waals surface area contributed by atoms with Gasteiger partial charge in [0.1, 0.15) is 22.7 Å². The maximum Gasteiger partial charge on any atom is 0.277 e. The molecule has 1 aliphatic rings. The summed E-state index contributed by atoms with van der Waals surface area (Å²) in [5.74, 6) is -0.522. The summed E-state index contributed by atoms with van der Waals surface area (Å²) in [5, 5.41) is 7.47. The number of nitrogens with zero attached hydrogens (tertiary/aromatic N) is 3. The number of amides is 2. The molecule has 8 heteroatoms. The number of nitrogens with one attached hydrogen (secondary N) is 1. The molecular weight excluding hydrogens is 447 g/mol. The fraction of sp³-hybridized carbons (Fsp3) is 0.222. The Bertz CT molecular complexity index is 1400. The van der Waals surface area contributed by atoms with Gasteiger partial charge in [0.2, 0.25) is 5.91 Å². The van der Waals surface area contributed by atoms with E-state index < -0.39 is 5.54 Å². The minimum Gasteiger partial charge on any atom is -0.463 e. The number of fused-ring (bicyclic) bond motifs is 1. The molecule has 0 saturated heterocycles. The third kappa shape index (κ3) is 4.01. The highest BCUT2D eigenvalue weighted by atomic mass is 19.1. The van der Waals surface area contributed by atoms with Crippen LogP contribution in [0.3, 0.4) is 0 Å². The predicted molar refractivity (Wildman–Crippen MR) is 129 cm³/mol. The van der Waals surface area contributed by atoms with E-state index in [2.05, 4.69) is 10.4 Å². The lowest BCUT2D eigenvalue weighted by molar-refractivity contribution is -0.126. The van der Waals surface area contributed by atoms with Crippen molar-refractivity contribution in [2.45, 2.75) is 38.9 Å². The standard InChI is InChI=1S/C27H25FN4O3/c1-3-19-9-4-5-11-22(19)32-25(33)23-15-21(24-12-7-13-35-24)30-31(23)17-27(32,2)26(34)29-16-18-8-6-10-20(28)14-18/h4-15H,3,16-17H2,1-2H3,(H,29,34)/t27-/m0/s1. The zero-order valence-corrected chi connectivity index (χ0v) is 19.5. The van der Waals surface area contributed by atoms with Crippen LogP contribution in [0.15, 0.2) is 77.4 Å². The van der Waals surface area contributed by atoms with Gasteiger partial charge in [0.25, 0.3) is 5.91 Å². The molecule has 0 radical (unpaired) electrons. The third-order valence-corrected chi connectivity index (χ3v) is 6.37. The van der Waals surface area contributed by atoms with Gasteiger partial charge in [-0.05, 0) is 54.8 Å². The summed E-state index contributed by atoms with van der Waals surface area (Å²) in [5.41, 5.74) is 1.86. The Kier molecular flexibility index (Phi) is 5.72. The fourth-order valence-electron chi connectivity index (χ4n) is 4.55. The highest BCUT2D eigenvalue weighted by Crippen LogP contribution is 2.36. The summed E-state index contributed by atoms with van der Waals surface area (Å²) in [7, 11) is 0. The molecule has 0 unspecified atom stereocenters. The number of anilines is 1. The first-order chi connectivity index (χ1) is 16.9. The second-order valence-corrected chi connectivity index (χ2v) is 8.76. The first kappa shape index (κ1) is 22.6. The molecule has 0 aliphatic carbocycles. The smallest absolute Gasteiger partial charge is 0.277 e. The van der Waals surface area contributed by atoms with Gasteiger partial charge in [-0.25, -0.2) is 4.39 Å². The van der Waals surface area contributed by atoms with Crippen LogP contribution in [-0.4, -0.2) is 27.1 Å². The first-order valence-electron chi connectivity index (χ1n) is 11.5. The predicted octanol–water partition coefficient (Wildman–Crippen LogP) is 4.58. The number of rotatable bonds is 6. The van der Waals surface area contributed by atoms with Crippen LogP contribution in [0, 0.1) is 5.82 Å². The number of hydrogen-bond acceptors (Lipinski definition) is 4. The fourth-order valence-corrected chi connectivity index (χ4v) is 4.55. The molecule has 0 spiro atoms. The Morgan fingerprint density at radius 3 is 2.71 bits per heavy atom. The van der Waals surface area contributed by atoms with E-state index in [0.29, 0.717) is 34.8 Å². The molecular formula is C27H25FN4O3. The Labute approximate surface area is 202 Å². The average Bonchev–Trinajstić information content (AvgIpc) is 3.53. The molecule has 0 fully saturated rings. The number of para-hydroxylation sites is 1. The van der Waals surface area contributed by atoms with Crippen LogP contribution < -0.4 is 10.2 Å². The average molecular weight is 473 g/mol. The van der Waals surface area contributed by atoms with Crippen molar-refractivity contribution in [2.24, 2.45) is 0 Å². The van der Waals surface area contributed by atoms with Gasteiger partial charge < -0.3 is 9.73 Å². The van der Waals surface area contributed by atoms with E-state index in [1.807, 2.05) is 31.2 Å². The number of carbonyl (C=O) groups excluding carboxylic acids is 2. The quantitative estimate of drug-likeness (QED) is 0.446. The summed E-state index contributed by atoms with van der Waals surface area (Å²) in [4.78, 5) is 29.2. The van der Waals surface area contributed by atoms with Crippen molar-refractivity contribution in [2.75, 3.05) is 4.90 Å². The minimum absolute atomic E-state index is 0.132. The zero-order valence-electron chi connectivity index (χ0n) is 19.5. The lowest BCUT2D eigenvalue weighted by atomic mass is 9.92. The van der Waals surface area contributed by atoms with E-state index in [0.717, 1.165) is 5.56 Å². The summed E-state index contributed by atoms with van der Waals surface area (Å²) in [6, 6.07) is 18.9. The molecule has 5 rings (SSSR count). The van der Waals surface area contributed by atoms with Crippen molar-refractivity contribution in [1.82, 2.24) is 15.1 Å². The first-order valence-corrected chi connectivity index (χ1v) is 11.5. The van der Waals surface area contributed by atoms with Crippen molar-refractivity contribution < 1.29 is 18.4 Å². The lowest BCUT2D eigenvalue weighted by Crippen LogP contribution is -2.64. The van der Waals surface area contributed by atoms with Crippen LogP contribution in [0.4, 0.5) is 10.1 Å². The normalized spacial score (nSPS) is 17.3. The molecule has 1 aliphatic heterocycles. The van der Waals surface area contributed by atoms with Gasteiger partial charge in [-0.1, -0.05) is 37.3 Å². The molecule has 2 aromatic heterocycles. The number of aryl methyl sites for hydroxylation is 1. The molecule has 35 heavy (non-hydrogen) atoms. The van der Waals surface area contributed by atoms with E-state index in [9.17, 15) is 14.0 Å². The molecule has 1 N–H and O–H groups in total. The van der Waals surface area contributed by atoms with Gasteiger partial charge in [-0.3, -0.25) is 19.2 Å². The van der Waals surface area contributed by atoms with E-state index in [4.69, 9.17) is 4.42 Å². The van der Waals surface area contributed by atoms with E-state index in [1.165, 1.54) is 12.1 Å². The lowest BCUT2D eigenvalue weighted by Gasteiger charge is -2.43. The van der Waals surface area contributed by atoms with Crippen molar-refractivity contribution in [3.8, 4) is 11.5 Å². The van der Waals surface area contributed by atoms with Gasteiger partial charge in [-0.15, -0.1) is 0 Å². The Morgan fingerprint density at radius 2 is 1.97 bits per heavy atom. The number of aromatic nitrogens is 2. The summed E-state index contributed by atoms with van der Waals surface area (Å²) >= 11 is 0. The Balaban J connectivity index is 1.56. The van der Waals surface area contributed by atoms with Crippen LogP contribution in [-0.2, 0) is 24.3 Å². The van der Waals surface area contributed by atoms with Crippen molar-refractivity contribution in [3.05, 3.63) is 95.6 Å². The molecule has 0 bridgehead atoms. The number of hydrogen-bond donors (Lipinski definition) is 1. The van der Waals surface area contributed by atoms with Gasteiger partial charge in [0.05, 0.1) is 12.8 Å². The Hall–Kier alpha value is -4.20. The summed E-state index contributed by atoms with van der Waals surface area (Å²) in [6.07, 6.45) is 2.24. The molecule has 4 aromatic rings. The van der Waals surface area contributed by atoms with E-state index >= 15 is 0 Å². The van der Waals surface area contributed by atoms with E-state index in [1.54, 1.807) is 53.1 Å². The highest BCUT2D eigenvalue weighted by Gasteiger charge is 2.49. The largest absolute Gasteiger partial charge is 0.463 e. The monoisotopic (exact) mass is 472 g/mol. The second kappa shape index (κ2) is 8.87. The van der Waals surface area contributed by atoms with Gasteiger partial charge in [0, 0.05) is 18.3 Å².